The lowest BCUT2D eigenvalue weighted by molar-refractivity contribution is 0.431. The lowest BCUT2D eigenvalue weighted by Gasteiger charge is -2.31. The van der Waals surface area contributed by atoms with Crippen LogP contribution >= 0.6 is 0 Å². The molecule has 0 aromatic heterocycles. The average molecular weight is 317 g/mol. The van der Waals surface area contributed by atoms with Crippen molar-refractivity contribution >= 4 is 9.84 Å². The zero-order chi connectivity index (χ0) is 15.5. The van der Waals surface area contributed by atoms with E-state index in [0.717, 1.165) is 18.9 Å². The number of rotatable bonds is 5. The Kier molecular flexibility index (Phi) is 5.32. The van der Waals surface area contributed by atoms with Crippen LogP contribution in [-0.2, 0) is 9.84 Å². The van der Waals surface area contributed by atoms with E-state index in [1.807, 2.05) is 6.92 Å². The number of benzene rings is 1. The Labute approximate surface area is 124 Å². The average Bonchev–Trinajstić information content (AvgIpc) is 2.42. The number of halogens is 2. The van der Waals surface area contributed by atoms with Gasteiger partial charge in [0.05, 0.1) is 17.0 Å². The number of hydrogen-bond donors (Lipinski definition) is 1. The van der Waals surface area contributed by atoms with Gasteiger partial charge in [0.2, 0.25) is 0 Å². The van der Waals surface area contributed by atoms with Crippen LogP contribution in [0.5, 0.6) is 0 Å². The molecule has 1 aliphatic rings. The lowest BCUT2D eigenvalue weighted by atomic mass is 9.98. The standard InChI is InChI=1S/C15H21F2NO2S/c1-2-8-18-15(12-7-6-11(16)10-13(12)17)14-5-3-4-9-21(14,19)20/h6-7,10,14-15,18H,2-5,8-9H2,1H3. The summed E-state index contributed by atoms with van der Waals surface area (Å²) >= 11 is 0. The summed E-state index contributed by atoms with van der Waals surface area (Å²) in [6, 6.07) is 2.72. The van der Waals surface area contributed by atoms with Crippen molar-refractivity contribution in [3.05, 3.63) is 35.4 Å². The molecule has 1 N–H and O–H groups in total. The molecule has 0 amide bonds. The van der Waals surface area contributed by atoms with Crippen molar-refractivity contribution in [3.63, 3.8) is 0 Å². The fourth-order valence-corrected chi connectivity index (χ4v) is 4.94. The Morgan fingerprint density at radius 2 is 2.10 bits per heavy atom. The normalized spacial score (nSPS) is 22.9. The van der Waals surface area contributed by atoms with Gasteiger partial charge in [-0.2, -0.15) is 0 Å². The summed E-state index contributed by atoms with van der Waals surface area (Å²) in [5, 5.41) is 2.49. The van der Waals surface area contributed by atoms with Gasteiger partial charge < -0.3 is 5.32 Å². The second-order valence-electron chi connectivity index (χ2n) is 5.50. The third-order valence-electron chi connectivity index (χ3n) is 3.91. The second kappa shape index (κ2) is 6.83. The maximum Gasteiger partial charge on any atom is 0.155 e. The largest absolute Gasteiger partial charge is 0.309 e. The quantitative estimate of drug-likeness (QED) is 0.908. The molecule has 0 spiro atoms. The minimum absolute atomic E-state index is 0.144. The summed E-state index contributed by atoms with van der Waals surface area (Å²) in [5.74, 6) is -1.20. The monoisotopic (exact) mass is 317 g/mol. The number of nitrogens with one attached hydrogen (secondary N) is 1. The molecule has 0 radical (unpaired) electrons. The predicted octanol–water partition coefficient (Wildman–Crippen LogP) is 2.97. The highest BCUT2D eigenvalue weighted by Gasteiger charge is 2.37. The first-order valence-corrected chi connectivity index (χ1v) is 9.07. The van der Waals surface area contributed by atoms with E-state index < -0.39 is 32.8 Å². The maximum atomic E-state index is 14.1. The summed E-state index contributed by atoms with van der Waals surface area (Å²) in [7, 11) is -3.25. The Morgan fingerprint density at radius 3 is 2.71 bits per heavy atom. The molecule has 1 heterocycles. The first kappa shape index (κ1) is 16.4. The zero-order valence-electron chi connectivity index (χ0n) is 12.1. The Hall–Kier alpha value is -1.01. The fourth-order valence-electron chi connectivity index (χ4n) is 2.85. The van der Waals surface area contributed by atoms with Crippen molar-refractivity contribution in [2.75, 3.05) is 12.3 Å². The van der Waals surface area contributed by atoms with E-state index in [4.69, 9.17) is 0 Å². The van der Waals surface area contributed by atoms with Gasteiger partial charge in [-0.25, -0.2) is 17.2 Å². The van der Waals surface area contributed by atoms with E-state index in [1.165, 1.54) is 12.1 Å². The van der Waals surface area contributed by atoms with Gasteiger partial charge in [0.25, 0.3) is 0 Å². The smallest absolute Gasteiger partial charge is 0.155 e. The van der Waals surface area contributed by atoms with Crippen LogP contribution in [0.1, 0.15) is 44.2 Å². The molecule has 1 saturated heterocycles. The van der Waals surface area contributed by atoms with Gasteiger partial charge in [-0.1, -0.05) is 19.4 Å². The molecule has 1 aromatic rings. The molecule has 2 atom stereocenters. The van der Waals surface area contributed by atoms with Gasteiger partial charge in [-0.3, -0.25) is 0 Å². The molecule has 1 fully saturated rings. The van der Waals surface area contributed by atoms with Crippen molar-refractivity contribution in [2.24, 2.45) is 0 Å². The topological polar surface area (TPSA) is 46.2 Å². The van der Waals surface area contributed by atoms with Crippen LogP contribution in [0, 0.1) is 11.6 Å². The van der Waals surface area contributed by atoms with E-state index in [0.29, 0.717) is 19.4 Å². The van der Waals surface area contributed by atoms with Gasteiger partial charge >= 0.3 is 0 Å². The Balaban J connectivity index is 2.37. The Bertz CT molecular complexity index is 589. The van der Waals surface area contributed by atoms with E-state index in [-0.39, 0.29) is 11.3 Å². The molecule has 2 rings (SSSR count). The minimum Gasteiger partial charge on any atom is -0.309 e. The number of sulfone groups is 1. The van der Waals surface area contributed by atoms with Crippen LogP contribution in [0.2, 0.25) is 0 Å². The highest BCUT2D eigenvalue weighted by atomic mass is 32.2. The maximum absolute atomic E-state index is 14.1. The molecule has 0 aliphatic carbocycles. The molecule has 118 valence electrons. The van der Waals surface area contributed by atoms with E-state index in [1.54, 1.807) is 0 Å². The number of hydrogen-bond acceptors (Lipinski definition) is 3. The summed E-state index contributed by atoms with van der Waals surface area (Å²) in [6.45, 7) is 2.55. The molecular weight excluding hydrogens is 296 g/mol. The molecule has 1 aromatic carbocycles. The second-order valence-corrected chi connectivity index (χ2v) is 7.84. The molecule has 1 aliphatic heterocycles. The molecule has 2 unspecified atom stereocenters. The van der Waals surface area contributed by atoms with Crippen LogP contribution in [0.4, 0.5) is 8.78 Å². The molecule has 3 nitrogen and oxygen atoms in total. The van der Waals surface area contributed by atoms with Gasteiger partial charge in [0.15, 0.2) is 9.84 Å². The van der Waals surface area contributed by atoms with Crippen LogP contribution in [0.25, 0.3) is 0 Å². The van der Waals surface area contributed by atoms with Gasteiger partial charge in [-0.15, -0.1) is 0 Å². The highest BCUT2D eigenvalue weighted by molar-refractivity contribution is 7.92. The van der Waals surface area contributed by atoms with Crippen molar-refractivity contribution in [2.45, 2.75) is 43.9 Å². The molecule has 6 heteroatoms. The van der Waals surface area contributed by atoms with Crippen molar-refractivity contribution in [1.29, 1.82) is 0 Å². The van der Waals surface area contributed by atoms with Crippen molar-refractivity contribution in [1.82, 2.24) is 5.32 Å². The van der Waals surface area contributed by atoms with Gasteiger partial charge in [-0.05, 0) is 31.9 Å². The zero-order valence-corrected chi connectivity index (χ0v) is 12.9. The molecule has 0 saturated carbocycles. The Morgan fingerprint density at radius 1 is 1.33 bits per heavy atom. The lowest BCUT2D eigenvalue weighted by Crippen LogP contribution is -2.41. The first-order chi connectivity index (χ1) is 9.95. The first-order valence-electron chi connectivity index (χ1n) is 7.35. The van der Waals surface area contributed by atoms with E-state index in [2.05, 4.69) is 5.32 Å². The third-order valence-corrected chi connectivity index (χ3v) is 6.20. The van der Waals surface area contributed by atoms with Crippen LogP contribution < -0.4 is 5.32 Å². The van der Waals surface area contributed by atoms with Crippen LogP contribution in [0.15, 0.2) is 18.2 Å². The summed E-state index contributed by atoms with van der Waals surface area (Å²) in [5.41, 5.74) is 0.236. The van der Waals surface area contributed by atoms with Crippen LogP contribution in [-0.4, -0.2) is 26.0 Å². The summed E-state index contributed by atoms with van der Waals surface area (Å²) in [4.78, 5) is 0. The van der Waals surface area contributed by atoms with Gasteiger partial charge in [0, 0.05) is 11.6 Å². The summed E-state index contributed by atoms with van der Waals surface area (Å²) in [6.07, 6.45) is 2.80. The highest BCUT2D eigenvalue weighted by Crippen LogP contribution is 2.32. The fraction of sp³-hybridized carbons (Fsp3) is 0.600. The van der Waals surface area contributed by atoms with Gasteiger partial charge in [0.1, 0.15) is 11.6 Å². The van der Waals surface area contributed by atoms with E-state index in [9.17, 15) is 17.2 Å². The van der Waals surface area contributed by atoms with Crippen molar-refractivity contribution in [3.8, 4) is 0 Å². The molecule has 0 bridgehead atoms. The van der Waals surface area contributed by atoms with E-state index >= 15 is 0 Å². The molecular formula is C15H21F2NO2S. The minimum atomic E-state index is -3.25. The van der Waals surface area contributed by atoms with Crippen molar-refractivity contribution < 1.29 is 17.2 Å². The molecule has 21 heavy (non-hydrogen) atoms. The SMILES string of the molecule is CCCNC(c1ccc(F)cc1F)C1CCCCS1(=O)=O. The third kappa shape index (κ3) is 3.80. The predicted molar refractivity (Wildman–Crippen MR) is 78.8 cm³/mol. The van der Waals surface area contributed by atoms with Crippen LogP contribution in [0.3, 0.4) is 0 Å². The summed E-state index contributed by atoms with van der Waals surface area (Å²) < 4.78 is 51.7.